The van der Waals surface area contributed by atoms with Crippen LogP contribution in [-0.4, -0.2) is 49.5 Å². The molecule has 0 radical (unpaired) electrons. The molecule has 1 N–H and O–H groups in total. The fraction of sp³-hybridized carbons (Fsp3) is 0.348. The van der Waals surface area contributed by atoms with Crippen molar-refractivity contribution < 1.29 is 23.9 Å². The molecule has 0 aromatic heterocycles. The highest BCUT2D eigenvalue weighted by Gasteiger charge is 2.16. The Morgan fingerprint density at radius 2 is 1.70 bits per heavy atom. The van der Waals surface area contributed by atoms with E-state index in [1.165, 1.54) is 11.9 Å². The molecule has 2 aromatic rings. The minimum absolute atomic E-state index is 0.150. The maximum atomic E-state index is 12.2. The molecule has 30 heavy (non-hydrogen) atoms. The lowest BCUT2D eigenvalue weighted by Crippen LogP contribution is -2.37. The van der Waals surface area contributed by atoms with Crippen LogP contribution in [0.15, 0.2) is 36.4 Å². The third-order valence-electron chi connectivity index (χ3n) is 4.73. The van der Waals surface area contributed by atoms with Crippen molar-refractivity contribution in [3.63, 3.8) is 0 Å². The summed E-state index contributed by atoms with van der Waals surface area (Å²) in [5.74, 6) is -0.869. The van der Waals surface area contributed by atoms with Crippen molar-refractivity contribution in [1.29, 1.82) is 0 Å². The first-order valence-electron chi connectivity index (χ1n) is 9.63. The number of hydrogen-bond donors (Lipinski definition) is 1. The predicted molar refractivity (Wildman–Crippen MR) is 115 cm³/mol. The van der Waals surface area contributed by atoms with Crippen LogP contribution >= 0.6 is 0 Å². The average molecular weight is 412 g/mol. The van der Waals surface area contributed by atoms with E-state index in [2.05, 4.69) is 5.32 Å². The van der Waals surface area contributed by atoms with E-state index in [0.717, 1.165) is 22.3 Å². The van der Waals surface area contributed by atoms with Crippen molar-refractivity contribution in [2.45, 2.75) is 27.7 Å². The van der Waals surface area contributed by atoms with Gasteiger partial charge in [-0.05, 0) is 62.1 Å². The summed E-state index contributed by atoms with van der Waals surface area (Å²) in [6.45, 7) is 6.77. The van der Waals surface area contributed by atoms with E-state index in [1.807, 2.05) is 58.0 Å². The van der Waals surface area contributed by atoms with Gasteiger partial charge in [-0.2, -0.15) is 0 Å². The fourth-order valence-electron chi connectivity index (χ4n) is 2.68. The maximum Gasteiger partial charge on any atom is 0.344 e. The Balaban J connectivity index is 1.76. The van der Waals surface area contributed by atoms with Crippen molar-refractivity contribution in [2.75, 3.05) is 32.1 Å². The molecule has 0 aliphatic rings. The largest absolute Gasteiger partial charge is 0.482 e. The number of benzene rings is 2. The van der Waals surface area contributed by atoms with Gasteiger partial charge in [0.15, 0.2) is 13.2 Å². The Labute approximate surface area is 177 Å². The van der Waals surface area contributed by atoms with E-state index in [1.54, 1.807) is 6.07 Å². The first kappa shape index (κ1) is 22.9. The Bertz CT molecular complexity index is 939. The molecule has 2 aromatic carbocycles. The predicted octanol–water partition coefficient (Wildman–Crippen LogP) is 2.94. The minimum atomic E-state index is -0.655. The molecule has 2 amide bonds. The Hall–Kier alpha value is -3.35. The van der Waals surface area contributed by atoms with Gasteiger partial charge in [0.05, 0.1) is 6.54 Å². The first-order chi connectivity index (χ1) is 14.2. The van der Waals surface area contributed by atoms with Crippen LogP contribution < -0.4 is 10.1 Å². The summed E-state index contributed by atoms with van der Waals surface area (Å²) in [5, 5.41) is 2.79. The molecule has 7 nitrogen and oxygen atoms in total. The van der Waals surface area contributed by atoms with Crippen molar-refractivity contribution in [1.82, 2.24) is 4.90 Å². The number of carbonyl (C=O) groups is 3. The number of amides is 2. The SMILES string of the molecule is Cc1ccc(C)c(NC(=O)CN(C)C(=O)COC(=O)COc2cccc(C)c2C)c1. The lowest BCUT2D eigenvalue weighted by molar-refractivity contribution is -0.153. The van der Waals surface area contributed by atoms with Crippen molar-refractivity contribution in [3.8, 4) is 5.75 Å². The quantitative estimate of drug-likeness (QED) is 0.674. The van der Waals surface area contributed by atoms with Crippen LogP contribution in [0.25, 0.3) is 0 Å². The number of hydrogen-bond acceptors (Lipinski definition) is 5. The van der Waals surface area contributed by atoms with Crippen molar-refractivity contribution >= 4 is 23.5 Å². The number of nitrogens with one attached hydrogen (secondary N) is 1. The zero-order valence-corrected chi connectivity index (χ0v) is 18.1. The van der Waals surface area contributed by atoms with Gasteiger partial charge in [0.2, 0.25) is 5.91 Å². The standard InChI is InChI=1S/C23H28N2O5/c1-15-9-10-17(3)19(11-15)24-21(26)12-25(5)22(27)13-30-23(28)14-29-20-8-6-7-16(2)18(20)4/h6-11H,12-14H2,1-5H3,(H,24,26). The number of likely N-dealkylation sites (N-methyl/N-ethyl adjacent to an activating group) is 1. The highest BCUT2D eigenvalue weighted by Crippen LogP contribution is 2.20. The van der Waals surface area contributed by atoms with E-state index in [0.29, 0.717) is 11.4 Å². The summed E-state index contributed by atoms with van der Waals surface area (Å²) in [6, 6.07) is 11.3. The number of nitrogens with zero attached hydrogens (tertiary/aromatic N) is 1. The second-order valence-corrected chi connectivity index (χ2v) is 7.26. The zero-order chi connectivity index (χ0) is 22.3. The molecule has 0 fully saturated rings. The first-order valence-corrected chi connectivity index (χ1v) is 9.63. The Morgan fingerprint density at radius 3 is 2.43 bits per heavy atom. The van der Waals surface area contributed by atoms with Gasteiger partial charge >= 0.3 is 5.97 Å². The van der Waals surface area contributed by atoms with E-state index in [-0.39, 0.29) is 19.1 Å². The molecule has 0 unspecified atom stereocenters. The number of aryl methyl sites for hydroxylation is 3. The molecule has 0 atom stereocenters. The van der Waals surface area contributed by atoms with Gasteiger partial charge < -0.3 is 19.7 Å². The van der Waals surface area contributed by atoms with Crippen LogP contribution in [-0.2, 0) is 19.1 Å². The fourth-order valence-corrected chi connectivity index (χ4v) is 2.68. The minimum Gasteiger partial charge on any atom is -0.482 e. The van der Waals surface area contributed by atoms with Gasteiger partial charge in [-0.1, -0.05) is 24.3 Å². The summed E-state index contributed by atoms with van der Waals surface area (Å²) in [4.78, 5) is 37.5. The topological polar surface area (TPSA) is 84.9 Å². The molecule has 160 valence electrons. The van der Waals surface area contributed by atoms with Gasteiger partial charge in [0.25, 0.3) is 5.91 Å². The van der Waals surface area contributed by atoms with Gasteiger partial charge in [0, 0.05) is 12.7 Å². The number of esters is 1. The van der Waals surface area contributed by atoms with Gasteiger partial charge in [-0.25, -0.2) is 4.79 Å². The molecular weight excluding hydrogens is 384 g/mol. The van der Waals surface area contributed by atoms with Crippen molar-refractivity contribution in [2.24, 2.45) is 0 Å². The lowest BCUT2D eigenvalue weighted by atomic mass is 10.1. The summed E-state index contributed by atoms with van der Waals surface area (Å²) in [6.07, 6.45) is 0. The molecule has 0 aliphatic carbocycles. The number of ether oxygens (including phenoxy) is 2. The van der Waals surface area contributed by atoms with Crippen LogP contribution in [0.1, 0.15) is 22.3 Å². The summed E-state index contributed by atoms with van der Waals surface area (Å²) < 4.78 is 10.4. The van der Waals surface area contributed by atoms with Gasteiger partial charge in [-0.3, -0.25) is 9.59 Å². The molecule has 0 spiro atoms. The molecule has 0 heterocycles. The molecule has 2 rings (SSSR count). The molecular formula is C23H28N2O5. The van der Waals surface area contributed by atoms with Crippen LogP contribution in [0.3, 0.4) is 0 Å². The van der Waals surface area contributed by atoms with Crippen LogP contribution in [0.5, 0.6) is 5.75 Å². The smallest absolute Gasteiger partial charge is 0.344 e. The number of anilines is 1. The molecule has 0 bridgehead atoms. The van der Waals surface area contributed by atoms with E-state index in [9.17, 15) is 14.4 Å². The monoisotopic (exact) mass is 412 g/mol. The maximum absolute atomic E-state index is 12.2. The highest BCUT2D eigenvalue weighted by molar-refractivity contribution is 5.95. The van der Waals surface area contributed by atoms with Crippen LogP contribution in [0.4, 0.5) is 5.69 Å². The highest BCUT2D eigenvalue weighted by atomic mass is 16.6. The average Bonchev–Trinajstić information content (AvgIpc) is 2.69. The second-order valence-electron chi connectivity index (χ2n) is 7.26. The van der Waals surface area contributed by atoms with E-state index >= 15 is 0 Å². The summed E-state index contributed by atoms with van der Waals surface area (Å²) in [7, 11) is 1.48. The third-order valence-corrected chi connectivity index (χ3v) is 4.73. The molecule has 0 saturated carbocycles. The number of rotatable bonds is 8. The second kappa shape index (κ2) is 10.4. The molecule has 0 aliphatic heterocycles. The Morgan fingerprint density at radius 1 is 0.967 bits per heavy atom. The molecule has 7 heteroatoms. The van der Waals surface area contributed by atoms with E-state index in [4.69, 9.17) is 9.47 Å². The van der Waals surface area contributed by atoms with Crippen molar-refractivity contribution in [3.05, 3.63) is 58.7 Å². The van der Waals surface area contributed by atoms with Crippen LogP contribution in [0, 0.1) is 27.7 Å². The summed E-state index contributed by atoms with van der Waals surface area (Å²) in [5.41, 5.74) is 4.65. The van der Waals surface area contributed by atoms with Gasteiger partial charge in [-0.15, -0.1) is 0 Å². The summed E-state index contributed by atoms with van der Waals surface area (Å²) >= 11 is 0. The zero-order valence-electron chi connectivity index (χ0n) is 18.1. The number of carbonyl (C=O) groups excluding carboxylic acids is 3. The third kappa shape index (κ3) is 6.62. The normalized spacial score (nSPS) is 10.3. The Kier molecular flexibility index (Phi) is 7.98. The molecule has 0 saturated heterocycles. The lowest BCUT2D eigenvalue weighted by Gasteiger charge is -2.17. The van der Waals surface area contributed by atoms with Crippen LogP contribution in [0.2, 0.25) is 0 Å². The van der Waals surface area contributed by atoms with E-state index < -0.39 is 18.5 Å². The van der Waals surface area contributed by atoms with Gasteiger partial charge in [0.1, 0.15) is 5.75 Å².